The van der Waals surface area contributed by atoms with Gasteiger partial charge in [0.25, 0.3) is 0 Å². The van der Waals surface area contributed by atoms with E-state index in [2.05, 4.69) is 15.9 Å². The maximum absolute atomic E-state index is 14.1. The summed E-state index contributed by atoms with van der Waals surface area (Å²) in [5.74, 6) is 0.693. The molecule has 0 spiro atoms. The Kier molecular flexibility index (Phi) is 3.36. The van der Waals surface area contributed by atoms with Gasteiger partial charge in [0, 0.05) is 22.5 Å². The second kappa shape index (κ2) is 5.00. The molecule has 0 aliphatic heterocycles. The maximum Gasteiger partial charge on any atom is 0.133 e. The normalized spacial score (nSPS) is 38.8. The predicted octanol–water partition coefficient (Wildman–Crippen LogP) is 5.61. The summed E-state index contributed by atoms with van der Waals surface area (Å²) in [5, 5.41) is 0. The zero-order valence-corrected chi connectivity index (χ0v) is 13.3. The summed E-state index contributed by atoms with van der Waals surface area (Å²) >= 11 is 3.56. The summed E-state index contributed by atoms with van der Waals surface area (Å²) in [6, 6.07) is 1.59. The fourth-order valence-corrected chi connectivity index (χ4v) is 6.76. The summed E-state index contributed by atoms with van der Waals surface area (Å²) in [7, 11) is 0. The van der Waals surface area contributed by atoms with E-state index in [-0.39, 0.29) is 16.3 Å². The molecule has 0 aromatic heterocycles. The molecule has 114 valence electrons. The average molecular weight is 359 g/mol. The van der Waals surface area contributed by atoms with E-state index in [9.17, 15) is 13.2 Å². The highest BCUT2D eigenvalue weighted by molar-refractivity contribution is 9.09. The van der Waals surface area contributed by atoms with Crippen molar-refractivity contribution in [3.05, 3.63) is 35.1 Å². The molecule has 0 nitrogen and oxygen atoms in total. The van der Waals surface area contributed by atoms with Crippen LogP contribution >= 0.6 is 15.9 Å². The Labute approximate surface area is 131 Å². The van der Waals surface area contributed by atoms with Gasteiger partial charge >= 0.3 is 0 Å². The summed E-state index contributed by atoms with van der Waals surface area (Å²) in [4.78, 5) is -0.340. The number of halogens is 4. The van der Waals surface area contributed by atoms with Gasteiger partial charge in [-0.15, -0.1) is 0 Å². The molecule has 0 N–H and O–H groups in total. The summed E-state index contributed by atoms with van der Waals surface area (Å²) in [6.45, 7) is 0. The minimum absolute atomic E-state index is 0.0221. The van der Waals surface area contributed by atoms with Gasteiger partial charge in [-0.25, -0.2) is 13.2 Å². The Morgan fingerprint density at radius 2 is 1.33 bits per heavy atom. The molecular weight excluding hydrogens is 341 g/mol. The molecule has 4 aliphatic carbocycles. The van der Waals surface area contributed by atoms with Crippen LogP contribution in [0.3, 0.4) is 0 Å². The third-order valence-corrected chi connectivity index (χ3v) is 7.03. The van der Waals surface area contributed by atoms with Crippen LogP contribution in [-0.4, -0.2) is 0 Å². The molecule has 4 heteroatoms. The van der Waals surface area contributed by atoms with E-state index in [1.54, 1.807) is 0 Å². The lowest BCUT2D eigenvalue weighted by atomic mass is 9.51. The molecule has 0 amide bonds. The Morgan fingerprint density at radius 3 is 1.81 bits per heavy atom. The Bertz CT molecular complexity index is 520. The average Bonchev–Trinajstić information content (AvgIpc) is 2.35. The minimum atomic E-state index is -0.849. The Balaban J connectivity index is 1.68. The van der Waals surface area contributed by atoms with Gasteiger partial charge in [-0.1, -0.05) is 15.9 Å². The highest BCUT2D eigenvalue weighted by Gasteiger charge is 2.50. The van der Waals surface area contributed by atoms with Crippen LogP contribution in [0.4, 0.5) is 13.2 Å². The second-order valence-electron chi connectivity index (χ2n) is 7.19. The number of hydrogen-bond donors (Lipinski definition) is 0. The highest BCUT2D eigenvalue weighted by atomic mass is 79.9. The Hall–Kier alpha value is -0.510. The van der Waals surface area contributed by atoms with Crippen LogP contribution in [0.1, 0.15) is 42.5 Å². The van der Waals surface area contributed by atoms with Crippen LogP contribution in [0.2, 0.25) is 0 Å². The van der Waals surface area contributed by atoms with Gasteiger partial charge in [-0.05, 0) is 61.7 Å². The lowest BCUT2D eigenvalue weighted by molar-refractivity contribution is -0.0370. The molecule has 1 aromatic carbocycles. The number of hydrogen-bond acceptors (Lipinski definition) is 0. The third kappa shape index (κ3) is 2.25. The minimum Gasteiger partial charge on any atom is -0.207 e. The molecule has 4 fully saturated rings. The molecule has 21 heavy (non-hydrogen) atoms. The topological polar surface area (TPSA) is 0 Å². The zero-order valence-electron chi connectivity index (χ0n) is 11.7. The number of alkyl halides is 1. The summed E-state index contributed by atoms with van der Waals surface area (Å²) in [6.07, 6.45) is 6.15. The largest absolute Gasteiger partial charge is 0.207 e. The molecular formula is C17H18BrF3. The highest BCUT2D eigenvalue weighted by Crippen LogP contribution is 2.61. The number of rotatable bonds is 2. The van der Waals surface area contributed by atoms with E-state index in [4.69, 9.17) is 0 Å². The maximum atomic E-state index is 14.1. The monoisotopic (exact) mass is 358 g/mol. The van der Waals surface area contributed by atoms with Gasteiger partial charge in [-0.2, -0.15) is 0 Å². The van der Waals surface area contributed by atoms with E-state index in [1.165, 1.54) is 32.1 Å². The van der Waals surface area contributed by atoms with Crippen molar-refractivity contribution in [3.8, 4) is 0 Å². The van der Waals surface area contributed by atoms with Gasteiger partial charge in [0.1, 0.15) is 17.5 Å². The van der Waals surface area contributed by atoms with Crippen molar-refractivity contribution in [2.45, 2.75) is 36.9 Å². The van der Waals surface area contributed by atoms with Gasteiger partial charge in [0.15, 0.2) is 0 Å². The summed E-state index contributed by atoms with van der Waals surface area (Å²) < 4.78 is 41.2. The fourth-order valence-electron chi connectivity index (χ4n) is 5.45. The molecule has 1 atom stereocenters. The van der Waals surface area contributed by atoms with Crippen LogP contribution in [0, 0.1) is 47.0 Å². The molecule has 5 rings (SSSR count). The molecule has 4 aliphatic rings. The second-order valence-corrected chi connectivity index (χ2v) is 8.18. The number of benzene rings is 1. The molecule has 0 radical (unpaired) electrons. The molecule has 4 bridgehead atoms. The van der Waals surface area contributed by atoms with Crippen molar-refractivity contribution in [2.75, 3.05) is 0 Å². The lowest BCUT2D eigenvalue weighted by Crippen LogP contribution is -2.46. The third-order valence-electron chi connectivity index (χ3n) is 5.96. The first-order valence-corrected chi connectivity index (χ1v) is 8.73. The molecule has 4 saturated carbocycles. The van der Waals surface area contributed by atoms with Crippen LogP contribution in [0.25, 0.3) is 0 Å². The molecule has 0 saturated heterocycles. The van der Waals surface area contributed by atoms with Gasteiger partial charge < -0.3 is 0 Å². The first kappa shape index (κ1) is 14.1. The van der Waals surface area contributed by atoms with Crippen molar-refractivity contribution in [3.63, 3.8) is 0 Å². The van der Waals surface area contributed by atoms with E-state index in [0.29, 0.717) is 11.8 Å². The van der Waals surface area contributed by atoms with Crippen molar-refractivity contribution in [1.29, 1.82) is 0 Å². The predicted molar refractivity (Wildman–Crippen MR) is 78.5 cm³/mol. The first-order valence-electron chi connectivity index (χ1n) is 7.81. The smallest absolute Gasteiger partial charge is 0.133 e. The van der Waals surface area contributed by atoms with E-state index in [1.807, 2.05) is 0 Å². The molecule has 1 aromatic rings. The first-order chi connectivity index (χ1) is 10.0. The fraction of sp³-hybridized carbons (Fsp3) is 0.647. The van der Waals surface area contributed by atoms with Gasteiger partial charge in [-0.3, -0.25) is 0 Å². The Morgan fingerprint density at radius 1 is 0.857 bits per heavy atom. The van der Waals surface area contributed by atoms with Crippen LogP contribution in [-0.2, 0) is 0 Å². The zero-order chi connectivity index (χ0) is 14.7. The van der Waals surface area contributed by atoms with Crippen molar-refractivity contribution in [1.82, 2.24) is 0 Å². The summed E-state index contributed by atoms with van der Waals surface area (Å²) in [5.41, 5.74) is 0.0221. The van der Waals surface area contributed by atoms with Crippen LogP contribution < -0.4 is 0 Å². The van der Waals surface area contributed by atoms with Crippen molar-refractivity contribution in [2.24, 2.45) is 29.6 Å². The van der Waals surface area contributed by atoms with E-state index < -0.39 is 17.5 Å². The molecule has 0 heterocycles. The quantitative estimate of drug-likeness (QED) is 0.602. The van der Waals surface area contributed by atoms with E-state index >= 15 is 0 Å². The lowest BCUT2D eigenvalue weighted by Gasteiger charge is -2.55. The van der Waals surface area contributed by atoms with Crippen molar-refractivity contribution < 1.29 is 13.2 Å². The molecule has 1 unspecified atom stereocenters. The van der Waals surface area contributed by atoms with E-state index in [0.717, 1.165) is 24.0 Å². The SMILES string of the molecule is Fc1cc(F)c(C(Br)C2C3CC4CC(C3)CC2C4)c(F)c1. The van der Waals surface area contributed by atoms with Gasteiger partial charge in [0.2, 0.25) is 0 Å². The van der Waals surface area contributed by atoms with Crippen LogP contribution in [0.15, 0.2) is 12.1 Å². The van der Waals surface area contributed by atoms with Crippen molar-refractivity contribution >= 4 is 15.9 Å². The van der Waals surface area contributed by atoms with Crippen LogP contribution in [0.5, 0.6) is 0 Å². The van der Waals surface area contributed by atoms with Gasteiger partial charge in [0.05, 0.1) is 0 Å². The standard InChI is InChI=1S/C17H18BrF3/c18-17(16-13(20)6-12(19)7-14(16)21)15-10-2-8-1-9(4-10)5-11(15)3-8/h6-11,15,17H,1-5H2.